The van der Waals surface area contributed by atoms with Crippen molar-refractivity contribution in [3.8, 4) is 5.69 Å². The molecular formula is C22H28ClN5O3. The number of amides is 2. The van der Waals surface area contributed by atoms with Crippen LogP contribution in [0, 0.1) is 0 Å². The van der Waals surface area contributed by atoms with E-state index >= 15 is 0 Å². The zero-order valence-electron chi connectivity index (χ0n) is 18.5. The fourth-order valence-electron chi connectivity index (χ4n) is 4.21. The number of rotatable bonds is 1. The number of carbonyl (C=O) groups excluding carboxylic acids is 2. The minimum Gasteiger partial charge on any atom is -0.455 e. The Kier molecular flexibility index (Phi) is 5.47. The van der Waals surface area contributed by atoms with Crippen LogP contribution in [0.5, 0.6) is 0 Å². The summed E-state index contributed by atoms with van der Waals surface area (Å²) in [5.74, 6) is -0.504. The Bertz CT molecular complexity index is 1020. The van der Waals surface area contributed by atoms with Crippen LogP contribution < -0.4 is 10.2 Å². The quantitative estimate of drug-likeness (QED) is 0.678. The summed E-state index contributed by atoms with van der Waals surface area (Å²) in [4.78, 5) is 34.2. The molecule has 4 rings (SSSR count). The SMILES string of the molecule is C[C@@H]1CN(C(=O)N2Cc3c(C(=O)OC(C)(C)C)ncn3-c3ccc(Cl)cc32)C[C@@H](C)N1. The number of nitrogens with one attached hydrogen (secondary N) is 1. The van der Waals surface area contributed by atoms with Crippen molar-refractivity contribution in [3.05, 3.63) is 40.9 Å². The molecule has 0 saturated carbocycles. The molecule has 0 bridgehead atoms. The van der Waals surface area contributed by atoms with E-state index in [2.05, 4.69) is 24.1 Å². The zero-order chi connectivity index (χ0) is 22.5. The van der Waals surface area contributed by atoms with Crippen LogP contribution in [0.3, 0.4) is 0 Å². The maximum atomic E-state index is 13.6. The Hall–Kier alpha value is -2.58. The van der Waals surface area contributed by atoms with Crippen molar-refractivity contribution in [2.24, 2.45) is 0 Å². The number of urea groups is 1. The minimum absolute atomic E-state index is 0.119. The van der Waals surface area contributed by atoms with Crippen LogP contribution in [0.2, 0.25) is 5.02 Å². The number of anilines is 1. The number of hydrogen-bond donors (Lipinski definition) is 1. The topological polar surface area (TPSA) is 79.7 Å². The lowest BCUT2D eigenvalue weighted by atomic mass is 10.1. The van der Waals surface area contributed by atoms with Gasteiger partial charge in [0.25, 0.3) is 0 Å². The molecule has 166 valence electrons. The van der Waals surface area contributed by atoms with Crippen molar-refractivity contribution < 1.29 is 14.3 Å². The second-order valence-electron chi connectivity index (χ2n) is 9.29. The Balaban J connectivity index is 1.74. The second-order valence-corrected chi connectivity index (χ2v) is 9.72. The average Bonchev–Trinajstić information content (AvgIpc) is 3.08. The molecule has 1 saturated heterocycles. The molecule has 1 N–H and O–H groups in total. The Morgan fingerprint density at radius 3 is 2.48 bits per heavy atom. The Morgan fingerprint density at radius 1 is 1.16 bits per heavy atom. The van der Waals surface area contributed by atoms with Crippen molar-refractivity contribution in [2.45, 2.75) is 58.8 Å². The average molecular weight is 446 g/mol. The third-order valence-corrected chi connectivity index (χ3v) is 5.55. The van der Waals surface area contributed by atoms with E-state index in [1.54, 1.807) is 23.4 Å². The summed E-state index contributed by atoms with van der Waals surface area (Å²) >= 11 is 6.27. The first-order valence-corrected chi connectivity index (χ1v) is 10.8. The molecule has 2 aliphatic rings. The number of halogens is 1. The molecule has 9 heteroatoms. The first-order valence-electron chi connectivity index (χ1n) is 10.5. The summed E-state index contributed by atoms with van der Waals surface area (Å²) in [5.41, 5.74) is 1.63. The summed E-state index contributed by atoms with van der Waals surface area (Å²) in [6, 6.07) is 5.65. The first kappa shape index (κ1) is 21.6. The van der Waals surface area contributed by atoms with E-state index in [0.717, 1.165) is 5.69 Å². The molecule has 2 atom stereocenters. The van der Waals surface area contributed by atoms with Crippen molar-refractivity contribution in [2.75, 3.05) is 18.0 Å². The highest BCUT2D eigenvalue weighted by Crippen LogP contribution is 2.36. The highest BCUT2D eigenvalue weighted by molar-refractivity contribution is 6.31. The maximum Gasteiger partial charge on any atom is 0.359 e. The van der Waals surface area contributed by atoms with Gasteiger partial charge >= 0.3 is 12.0 Å². The summed E-state index contributed by atoms with van der Waals surface area (Å²) < 4.78 is 7.37. The molecule has 0 aliphatic carbocycles. The Morgan fingerprint density at radius 2 is 1.84 bits per heavy atom. The third kappa shape index (κ3) is 4.27. The van der Waals surface area contributed by atoms with E-state index in [9.17, 15) is 9.59 Å². The lowest BCUT2D eigenvalue weighted by Crippen LogP contribution is -2.58. The largest absolute Gasteiger partial charge is 0.455 e. The lowest BCUT2D eigenvalue weighted by molar-refractivity contribution is 0.00619. The summed E-state index contributed by atoms with van der Waals surface area (Å²) in [6.07, 6.45) is 1.60. The molecule has 1 aromatic carbocycles. The molecule has 2 aliphatic heterocycles. The summed E-state index contributed by atoms with van der Waals surface area (Å²) in [5, 5.41) is 3.98. The molecule has 0 spiro atoms. The highest BCUT2D eigenvalue weighted by atomic mass is 35.5. The summed E-state index contributed by atoms with van der Waals surface area (Å²) in [6.45, 7) is 11.0. The molecule has 0 radical (unpaired) electrons. The number of esters is 1. The van der Waals surface area contributed by atoms with E-state index in [0.29, 0.717) is 29.5 Å². The number of aromatic nitrogens is 2. The summed E-state index contributed by atoms with van der Waals surface area (Å²) in [7, 11) is 0. The van der Waals surface area contributed by atoms with Gasteiger partial charge in [0, 0.05) is 30.2 Å². The van der Waals surface area contributed by atoms with Crippen LogP contribution in [0.1, 0.15) is 50.8 Å². The van der Waals surface area contributed by atoms with Crippen LogP contribution in [-0.2, 0) is 11.3 Å². The lowest BCUT2D eigenvalue weighted by Gasteiger charge is -2.40. The van der Waals surface area contributed by atoms with Gasteiger partial charge in [-0.15, -0.1) is 0 Å². The molecule has 2 amide bonds. The van der Waals surface area contributed by atoms with Crippen molar-refractivity contribution in [3.63, 3.8) is 0 Å². The van der Waals surface area contributed by atoms with Crippen molar-refractivity contribution in [1.82, 2.24) is 19.8 Å². The minimum atomic E-state index is -0.643. The number of imidazole rings is 1. The Labute approximate surface area is 187 Å². The van der Waals surface area contributed by atoms with Crippen LogP contribution >= 0.6 is 11.6 Å². The van der Waals surface area contributed by atoms with Gasteiger partial charge in [0.05, 0.1) is 23.6 Å². The van der Waals surface area contributed by atoms with Gasteiger partial charge in [-0.1, -0.05) is 11.6 Å². The van der Waals surface area contributed by atoms with Gasteiger partial charge in [0.2, 0.25) is 0 Å². The van der Waals surface area contributed by atoms with Crippen LogP contribution in [0.25, 0.3) is 5.69 Å². The highest BCUT2D eigenvalue weighted by Gasteiger charge is 2.36. The van der Waals surface area contributed by atoms with E-state index < -0.39 is 11.6 Å². The zero-order valence-corrected chi connectivity index (χ0v) is 19.2. The number of carbonyl (C=O) groups is 2. The number of ether oxygens (including phenoxy) is 1. The van der Waals surface area contributed by atoms with Gasteiger partial charge in [-0.25, -0.2) is 14.6 Å². The normalized spacial score (nSPS) is 20.8. The monoisotopic (exact) mass is 445 g/mol. The van der Waals surface area contributed by atoms with Gasteiger partial charge in [-0.3, -0.25) is 9.47 Å². The van der Waals surface area contributed by atoms with Gasteiger partial charge in [-0.05, 0) is 52.8 Å². The maximum absolute atomic E-state index is 13.6. The van der Waals surface area contributed by atoms with E-state index in [1.807, 2.05) is 36.3 Å². The van der Waals surface area contributed by atoms with Crippen LogP contribution in [0.4, 0.5) is 10.5 Å². The number of nitrogens with zero attached hydrogens (tertiary/aromatic N) is 4. The fraction of sp³-hybridized carbons (Fsp3) is 0.500. The van der Waals surface area contributed by atoms with Gasteiger partial charge in [-0.2, -0.15) is 0 Å². The molecule has 31 heavy (non-hydrogen) atoms. The molecule has 8 nitrogen and oxygen atoms in total. The molecule has 1 fully saturated rings. The van der Waals surface area contributed by atoms with E-state index in [-0.39, 0.29) is 30.4 Å². The van der Waals surface area contributed by atoms with Crippen molar-refractivity contribution in [1.29, 1.82) is 0 Å². The number of piperazine rings is 1. The van der Waals surface area contributed by atoms with E-state index in [4.69, 9.17) is 16.3 Å². The molecule has 1 aromatic heterocycles. The molecule has 3 heterocycles. The predicted molar refractivity (Wildman–Crippen MR) is 119 cm³/mol. The third-order valence-electron chi connectivity index (χ3n) is 5.31. The number of hydrogen-bond acceptors (Lipinski definition) is 5. The van der Waals surface area contributed by atoms with E-state index in [1.165, 1.54) is 0 Å². The van der Waals surface area contributed by atoms with Crippen molar-refractivity contribution >= 4 is 29.3 Å². The molecule has 2 aromatic rings. The first-order chi connectivity index (χ1) is 14.5. The molecule has 0 unspecified atom stereocenters. The smallest absolute Gasteiger partial charge is 0.359 e. The van der Waals surface area contributed by atoms with Crippen LogP contribution in [0.15, 0.2) is 24.5 Å². The fourth-order valence-corrected chi connectivity index (χ4v) is 4.37. The predicted octanol–water partition coefficient (Wildman–Crippen LogP) is 3.60. The number of benzene rings is 1. The number of fused-ring (bicyclic) bond motifs is 3. The second kappa shape index (κ2) is 7.84. The van der Waals surface area contributed by atoms with Gasteiger partial charge in [0.15, 0.2) is 5.69 Å². The van der Waals surface area contributed by atoms with Gasteiger partial charge in [0.1, 0.15) is 11.9 Å². The molecular weight excluding hydrogens is 418 g/mol. The van der Waals surface area contributed by atoms with Gasteiger partial charge < -0.3 is 15.0 Å². The van der Waals surface area contributed by atoms with Crippen LogP contribution in [-0.4, -0.2) is 57.2 Å². The standard InChI is InChI=1S/C22H28ClN5O3/c1-13-9-26(10-14(2)25-13)21(30)27-11-18-19(20(29)31-22(3,4)5)24-12-28(18)16-7-6-15(23)8-17(16)27/h6-8,12-14,25H,9-11H2,1-5H3/t13-,14-/m1/s1.